The van der Waals surface area contributed by atoms with E-state index in [9.17, 15) is 17.6 Å². The lowest BCUT2D eigenvalue weighted by molar-refractivity contribution is 0.427. The highest BCUT2D eigenvalue weighted by Gasteiger charge is 2.21. The molecule has 0 aliphatic carbocycles. The number of hydrogen-bond donors (Lipinski definition) is 1. The van der Waals surface area contributed by atoms with Crippen LogP contribution in [0.4, 0.5) is 17.6 Å². The van der Waals surface area contributed by atoms with Crippen molar-refractivity contribution in [1.82, 2.24) is 5.32 Å². The highest BCUT2D eigenvalue weighted by atomic mass is 79.9. The summed E-state index contributed by atoms with van der Waals surface area (Å²) < 4.78 is 54.5. The number of halogens is 5. The monoisotopic (exact) mass is 361 g/mol. The normalized spacial score (nSPS) is 12.5. The van der Waals surface area contributed by atoms with Gasteiger partial charge in [-0.15, -0.1) is 0 Å². The zero-order valence-electron chi connectivity index (χ0n) is 11.1. The minimum absolute atomic E-state index is 0.0456. The van der Waals surface area contributed by atoms with Gasteiger partial charge in [0.2, 0.25) is 0 Å². The molecule has 2 rings (SSSR count). The molecule has 0 saturated heterocycles. The molecule has 21 heavy (non-hydrogen) atoms. The van der Waals surface area contributed by atoms with Crippen molar-refractivity contribution in [2.24, 2.45) is 0 Å². The van der Waals surface area contributed by atoms with Crippen molar-refractivity contribution in [3.63, 3.8) is 0 Å². The van der Waals surface area contributed by atoms with Crippen molar-refractivity contribution in [2.75, 3.05) is 7.05 Å². The molecule has 0 fully saturated rings. The molecular formula is C15H12BrF4N. The van der Waals surface area contributed by atoms with Gasteiger partial charge in [-0.3, -0.25) is 0 Å². The Balaban J connectivity index is 2.37. The lowest BCUT2D eigenvalue weighted by Crippen LogP contribution is -2.21. The fraction of sp³-hybridized carbons (Fsp3) is 0.200. The van der Waals surface area contributed by atoms with Gasteiger partial charge in [0.25, 0.3) is 0 Å². The highest BCUT2D eigenvalue weighted by Crippen LogP contribution is 2.26. The molecule has 0 aromatic heterocycles. The summed E-state index contributed by atoms with van der Waals surface area (Å²) in [4.78, 5) is 0. The molecule has 6 heteroatoms. The minimum atomic E-state index is -1.53. The number of benzene rings is 2. The summed E-state index contributed by atoms with van der Waals surface area (Å²) >= 11 is 3.23. The number of likely N-dealkylation sites (N-methyl/N-ethyl adjacent to an activating group) is 1. The van der Waals surface area contributed by atoms with E-state index >= 15 is 0 Å². The molecule has 0 radical (unpaired) electrons. The molecule has 0 amide bonds. The summed E-state index contributed by atoms with van der Waals surface area (Å²) in [6, 6.07) is 5.74. The number of rotatable bonds is 4. The third-order valence-corrected chi connectivity index (χ3v) is 3.71. The molecule has 2 aromatic rings. The summed E-state index contributed by atoms with van der Waals surface area (Å²) in [5, 5.41) is 2.79. The summed E-state index contributed by atoms with van der Waals surface area (Å²) in [6.07, 6.45) is 0.101. The van der Waals surface area contributed by atoms with Crippen molar-refractivity contribution >= 4 is 15.9 Å². The van der Waals surface area contributed by atoms with E-state index in [2.05, 4.69) is 21.2 Å². The Morgan fingerprint density at radius 3 is 2.33 bits per heavy atom. The number of nitrogens with one attached hydrogen (secondary N) is 1. The second kappa shape index (κ2) is 6.58. The average Bonchev–Trinajstić information content (AvgIpc) is 2.46. The van der Waals surface area contributed by atoms with Gasteiger partial charge in [0.1, 0.15) is 5.82 Å². The maximum atomic E-state index is 13.8. The van der Waals surface area contributed by atoms with E-state index in [-0.39, 0.29) is 12.0 Å². The van der Waals surface area contributed by atoms with Crippen molar-refractivity contribution in [2.45, 2.75) is 12.5 Å². The lowest BCUT2D eigenvalue weighted by Gasteiger charge is -2.18. The molecule has 1 N–H and O–H groups in total. The van der Waals surface area contributed by atoms with Gasteiger partial charge in [0.15, 0.2) is 17.5 Å². The first-order valence-electron chi connectivity index (χ1n) is 6.18. The molecule has 0 aliphatic heterocycles. The van der Waals surface area contributed by atoms with E-state index in [4.69, 9.17) is 0 Å². The summed E-state index contributed by atoms with van der Waals surface area (Å²) in [7, 11) is 1.54. The zero-order chi connectivity index (χ0) is 15.6. The molecule has 0 saturated carbocycles. The van der Waals surface area contributed by atoms with Gasteiger partial charge in [-0.25, -0.2) is 17.6 Å². The van der Waals surface area contributed by atoms with Gasteiger partial charge in [0, 0.05) is 16.1 Å². The van der Waals surface area contributed by atoms with Crippen LogP contribution in [0.3, 0.4) is 0 Å². The van der Waals surface area contributed by atoms with E-state index in [0.29, 0.717) is 10.0 Å². The third-order valence-electron chi connectivity index (χ3n) is 3.22. The fourth-order valence-corrected chi connectivity index (χ4v) is 2.51. The first-order chi connectivity index (χ1) is 9.93. The van der Waals surface area contributed by atoms with Gasteiger partial charge in [-0.05, 0) is 43.3 Å². The molecular weight excluding hydrogens is 350 g/mol. The summed E-state index contributed by atoms with van der Waals surface area (Å²) in [5.74, 6) is -4.48. The molecule has 1 unspecified atom stereocenters. The Labute approximate surface area is 128 Å². The maximum absolute atomic E-state index is 13.8. The van der Waals surface area contributed by atoms with Crippen LogP contribution in [0.2, 0.25) is 0 Å². The first-order valence-corrected chi connectivity index (χ1v) is 6.98. The Morgan fingerprint density at radius 1 is 1.00 bits per heavy atom. The van der Waals surface area contributed by atoms with Crippen LogP contribution in [-0.2, 0) is 6.42 Å². The Bertz CT molecular complexity index is 660. The van der Waals surface area contributed by atoms with Crippen molar-refractivity contribution in [3.05, 3.63) is 69.2 Å². The van der Waals surface area contributed by atoms with Crippen LogP contribution in [0, 0.1) is 23.3 Å². The predicted octanol–water partition coefficient (Wildman–Crippen LogP) is 4.51. The third kappa shape index (κ3) is 3.44. The Hall–Kier alpha value is -1.40. The van der Waals surface area contributed by atoms with E-state index in [1.165, 1.54) is 6.07 Å². The van der Waals surface area contributed by atoms with Crippen molar-refractivity contribution in [3.8, 4) is 0 Å². The largest absolute Gasteiger partial charge is 0.313 e. The molecule has 0 aliphatic rings. The topological polar surface area (TPSA) is 12.0 Å². The first kappa shape index (κ1) is 16.0. The van der Waals surface area contributed by atoms with Gasteiger partial charge in [-0.1, -0.05) is 22.0 Å². The van der Waals surface area contributed by atoms with E-state index in [1.807, 2.05) is 0 Å². The van der Waals surface area contributed by atoms with Crippen LogP contribution in [0.1, 0.15) is 17.2 Å². The number of hydrogen-bond acceptors (Lipinski definition) is 1. The zero-order valence-corrected chi connectivity index (χ0v) is 12.6. The predicted molar refractivity (Wildman–Crippen MR) is 75.9 cm³/mol. The maximum Gasteiger partial charge on any atom is 0.194 e. The van der Waals surface area contributed by atoms with Crippen LogP contribution in [0.15, 0.2) is 34.8 Å². The van der Waals surface area contributed by atoms with Crippen LogP contribution >= 0.6 is 15.9 Å². The molecule has 1 atom stereocenters. The van der Waals surface area contributed by atoms with Gasteiger partial charge < -0.3 is 5.32 Å². The lowest BCUT2D eigenvalue weighted by atomic mass is 9.98. The van der Waals surface area contributed by atoms with Crippen molar-refractivity contribution < 1.29 is 17.6 Å². The van der Waals surface area contributed by atoms with E-state index in [1.54, 1.807) is 19.2 Å². The van der Waals surface area contributed by atoms with Gasteiger partial charge >= 0.3 is 0 Å². The van der Waals surface area contributed by atoms with Crippen molar-refractivity contribution in [1.29, 1.82) is 0 Å². The van der Waals surface area contributed by atoms with Crippen LogP contribution in [0.5, 0.6) is 0 Å². The second-order valence-electron chi connectivity index (χ2n) is 4.55. The van der Waals surface area contributed by atoms with Gasteiger partial charge in [-0.2, -0.15) is 0 Å². The Morgan fingerprint density at radius 2 is 1.67 bits per heavy atom. The molecule has 0 heterocycles. The Kier molecular flexibility index (Phi) is 5.00. The van der Waals surface area contributed by atoms with Gasteiger partial charge in [0.05, 0.1) is 0 Å². The molecule has 0 spiro atoms. The quantitative estimate of drug-likeness (QED) is 0.624. The standard InChI is InChI=1S/C15H12BrF4N/c1-21-13(7-8-6-9(16)2-4-11(8)17)10-3-5-12(18)15(20)14(10)19/h2-6,13,21H,7H2,1H3. The molecule has 112 valence electrons. The molecule has 0 bridgehead atoms. The van der Waals surface area contributed by atoms with E-state index < -0.39 is 29.3 Å². The van der Waals surface area contributed by atoms with Crippen LogP contribution < -0.4 is 5.32 Å². The fourth-order valence-electron chi connectivity index (χ4n) is 2.10. The molecule has 1 nitrogen and oxygen atoms in total. The highest BCUT2D eigenvalue weighted by molar-refractivity contribution is 9.10. The SMILES string of the molecule is CNC(Cc1cc(Br)ccc1F)c1ccc(F)c(F)c1F. The summed E-state index contributed by atoms with van der Waals surface area (Å²) in [6.45, 7) is 0. The average molecular weight is 362 g/mol. The molecule has 2 aromatic carbocycles. The minimum Gasteiger partial charge on any atom is -0.313 e. The van der Waals surface area contributed by atoms with Crippen LogP contribution in [-0.4, -0.2) is 7.05 Å². The summed E-state index contributed by atoms with van der Waals surface area (Å²) in [5.41, 5.74) is 0.295. The van der Waals surface area contributed by atoms with Crippen LogP contribution in [0.25, 0.3) is 0 Å². The second-order valence-corrected chi connectivity index (χ2v) is 5.46. The van der Waals surface area contributed by atoms with E-state index in [0.717, 1.165) is 12.1 Å². The smallest absolute Gasteiger partial charge is 0.194 e.